The van der Waals surface area contributed by atoms with E-state index in [1.165, 1.54) is 0 Å². The molecule has 3 N–H and O–H groups in total. The fourth-order valence-corrected chi connectivity index (χ4v) is 3.02. The third-order valence-electron chi connectivity index (χ3n) is 4.41. The highest BCUT2D eigenvalue weighted by atomic mass is 16.2. The van der Waals surface area contributed by atoms with Gasteiger partial charge in [-0.15, -0.1) is 0 Å². The van der Waals surface area contributed by atoms with Crippen molar-refractivity contribution in [2.75, 3.05) is 13.1 Å². The first-order valence-corrected chi connectivity index (χ1v) is 8.83. The third-order valence-corrected chi connectivity index (χ3v) is 4.41. The maximum atomic E-state index is 12.3. The molecule has 1 aromatic carbocycles. The minimum atomic E-state index is -0.534. The van der Waals surface area contributed by atoms with Crippen LogP contribution in [-0.2, 0) is 16.0 Å². The number of benzene rings is 1. The lowest BCUT2D eigenvalue weighted by molar-refractivity contribution is -0.133. The highest BCUT2D eigenvalue weighted by Crippen LogP contribution is 2.14. The Hall–Kier alpha value is -1.88. The molecule has 132 valence electrons. The molecule has 1 fully saturated rings. The van der Waals surface area contributed by atoms with Crippen molar-refractivity contribution in [3.05, 3.63) is 35.9 Å². The highest BCUT2D eigenvalue weighted by molar-refractivity contribution is 5.82. The van der Waals surface area contributed by atoms with Gasteiger partial charge < -0.3 is 16.0 Å². The molecule has 1 heterocycles. The number of rotatable bonds is 6. The van der Waals surface area contributed by atoms with Gasteiger partial charge >= 0.3 is 0 Å². The zero-order chi connectivity index (χ0) is 17.5. The fourth-order valence-electron chi connectivity index (χ4n) is 3.02. The second kappa shape index (κ2) is 8.83. The number of hydrogen-bond acceptors (Lipinski definition) is 3. The van der Waals surface area contributed by atoms with Gasteiger partial charge in [0.15, 0.2) is 0 Å². The Morgan fingerprint density at radius 2 is 1.83 bits per heavy atom. The molecule has 0 bridgehead atoms. The van der Waals surface area contributed by atoms with Gasteiger partial charge in [0.25, 0.3) is 0 Å². The monoisotopic (exact) mass is 331 g/mol. The third kappa shape index (κ3) is 5.64. The van der Waals surface area contributed by atoms with Crippen LogP contribution in [0.5, 0.6) is 0 Å². The van der Waals surface area contributed by atoms with Gasteiger partial charge in [0.2, 0.25) is 11.8 Å². The first-order chi connectivity index (χ1) is 11.5. The van der Waals surface area contributed by atoms with Gasteiger partial charge in [-0.1, -0.05) is 44.2 Å². The van der Waals surface area contributed by atoms with Crippen molar-refractivity contribution in [2.24, 2.45) is 11.7 Å². The molecule has 1 saturated heterocycles. The quantitative estimate of drug-likeness (QED) is 0.833. The van der Waals surface area contributed by atoms with Crippen LogP contribution in [-0.4, -0.2) is 41.9 Å². The molecule has 0 aliphatic carbocycles. The maximum Gasteiger partial charge on any atom is 0.237 e. The van der Waals surface area contributed by atoms with E-state index in [1.54, 1.807) is 0 Å². The SMILES string of the molecule is CC(C)CC(=O)N1CCC(NC(=O)[C@@H](N)Cc2ccccc2)CC1. The molecule has 0 unspecified atom stereocenters. The van der Waals surface area contributed by atoms with Crippen molar-refractivity contribution in [2.45, 2.75) is 51.6 Å². The largest absolute Gasteiger partial charge is 0.352 e. The lowest BCUT2D eigenvalue weighted by Gasteiger charge is -2.33. The number of hydrogen-bond donors (Lipinski definition) is 2. The van der Waals surface area contributed by atoms with E-state index in [0.717, 1.165) is 18.4 Å². The average Bonchev–Trinajstić information content (AvgIpc) is 2.55. The number of piperidine rings is 1. The fraction of sp³-hybridized carbons (Fsp3) is 0.579. The van der Waals surface area contributed by atoms with Crippen LogP contribution in [0.1, 0.15) is 38.7 Å². The summed E-state index contributed by atoms with van der Waals surface area (Å²) in [5.74, 6) is 0.493. The van der Waals surface area contributed by atoms with Gasteiger partial charge in [-0.25, -0.2) is 0 Å². The first-order valence-electron chi connectivity index (χ1n) is 8.83. The van der Waals surface area contributed by atoms with Crippen molar-refractivity contribution in [1.82, 2.24) is 10.2 Å². The number of likely N-dealkylation sites (tertiary alicyclic amines) is 1. The van der Waals surface area contributed by atoms with E-state index >= 15 is 0 Å². The number of nitrogens with one attached hydrogen (secondary N) is 1. The van der Waals surface area contributed by atoms with Gasteiger partial charge in [-0.05, 0) is 30.7 Å². The Balaban J connectivity index is 1.74. The van der Waals surface area contributed by atoms with E-state index < -0.39 is 6.04 Å². The molecule has 1 aromatic rings. The Bertz CT molecular complexity index is 537. The predicted octanol–water partition coefficient (Wildman–Crippen LogP) is 1.71. The molecule has 1 aliphatic heterocycles. The van der Waals surface area contributed by atoms with Crippen LogP contribution in [0.15, 0.2) is 30.3 Å². The molecule has 5 nitrogen and oxygen atoms in total. The summed E-state index contributed by atoms with van der Waals surface area (Å²) in [4.78, 5) is 26.2. The first kappa shape index (κ1) is 18.5. The van der Waals surface area contributed by atoms with Gasteiger partial charge in [0.05, 0.1) is 6.04 Å². The summed E-state index contributed by atoms with van der Waals surface area (Å²) in [6.45, 7) is 5.53. The van der Waals surface area contributed by atoms with Crippen molar-refractivity contribution in [1.29, 1.82) is 0 Å². The summed E-state index contributed by atoms with van der Waals surface area (Å²) >= 11 is 0. The normalized spacial score (nSPS) is 16.9. The van der Waals surface area contributed by atoms with Gasteiger partial charge in [-0.3, -0.25) is 9.59 Å². The molecular formula is C19H29N3O2. The molecule has 24 heavy (non-hydrogen) atoms. The molecule has 5 heteroatoms. The molecule has 0 radical (unpaired) electrons. The summed E-state index contributed by atoms with van der Waals surface area (Å²) in [6.07, 6.45) is 2.73. The summed E-state index contributed by atoms with van der Waals surface area (Å²) in [5.41, 5.74) is 7.08. The smallest absolute Gasteiger partial charge is 0.237 e. The molecule has 2 amide bonds. The Morgan fingerprint density at radius 1 is 1.21 bits per heavy atom. The number of carbonyl (C=O) groups excluding carboxylic acids is 2. The van der Waals surface area contributed by atoms with Gasteiger partial charge in [-0.2, -0.15) is 0 Å². The Labute approximate surface area is 144 Å². The van der Waals surface area contributed by atoms with Gasteiger partial charge in [0, 0.05) is 25.6 Å². The molecule has 2 rings (SSSR count). The zero-order valence-corrected chi connectivity index (χ0v) is 14.7. The maximum absolute atomic E-state index is 12.3. The minimum absolute atomic E-state index is 0.106. The zero-order valence-electron chi connectivity index (χ0n) is 14.7. The molecule has 0 spiro atoms. The van der Waals surface area contributed by atoms with Crippen LogP contribution >= 0.6 is 0 Å². The molecule has 1 atom stereocenters. The minimum Gasteiger partial charge on any atom is -0.352 e. The molecule has 0 aromatic heterocycles. The Kier molecular flexibility index (Phi) is 6.79. The van der Waals surface area contributed by atoms with Crippen LogP contribution < -0.4 is 11.1 Å². The molecular weight excluding hydrogens is 302 g/mol. The van der Waals surface area contributed by atoms with E-state index in [-0.39, 0.29) is 17.9 Å². The van der Waals surface area contributed by atoms with Gasteiger partial charge in [0.1, 0.15) is 0 Å². The highest BCUT2D eigenvalue weighted by Gasteiger charge is 2.25. The standard InChI is InChI=1S/C19H29N3O2/c1-14(2)12-18(23)22-10-8-16(9-11-22)21-19(24)17(20)13-15-6-4-3-5-7-15/h3-7,14,16-17H,8-13,20H2,1-2H3,(H,21,24)/t17-/m0/s1. The van der Waals surface area contributed by atoms with Crippen molar-refractivity contribution >= 4 is 11.8 Å². The van der Waals surface area contributed by atoms with Crippen LogP contribution in [0, 0.1) is 5.92 Å². The number of nitrogens with two attached hydrogens (primary N) is 1. The van der Waals surface area contributed by atoms with Crippen LogP contribution in [0.3, 0.4) is 0 Å². The van der Waals surface area contributed by atoms with E-state index in [2.05, 4.69) is 19.2 Å². The Morgan fingerprint density at radius 3 is 2.42 bits per heavy atom. The second-order valence-electron chi connectivity index (χ2n) is 7.06. The summed E-state index contributed by atoms with van der Waals surface area (Å²) in [7, 11) is 0. The van der Waals surface area contributed by atoms with E-state index in [0.29, 0.717) is 31.8 Å². The molecule has 0 saturated carbocycles. The lowest BCUT2D eigenvalue weighted by Crippen LogP contribution is -2.51. The second-order valence-corrected chi connectivity index (χ2v) is 7.06. The van der Waals surface area contributed by atoms with Crippen molar-refractivity contribution in [3.8, 4) is 0 Å². The van der Waals surface area contributed by atoms with E-state index in [9.17, 15) is 9.59 Å². The average molecular weight is 331 g/mol. The van der Waals surface area contributed by atoms with Crippen molar-refractivity contribution in [3.63, 3.8) is 0 Å². The van der Waals surface area contributed by atoms with E-state index in [1.807, 2.05) is 35.2 Å². The number of carbonyl (C=O) groups is 2. The lowest BCUT2D eigenvalue weighted by atomic mass is 10.0. The van der Waals surface area contributed by atoms with Crippen molar-refractivity contribution < 1.29 is 9.59 Å². The predicted molar refractivity (Wildman–Crippen MR) is 95.3 cm³/mol. The van der Waals surface area contributed by atoms with E-state index in [4.69, 9.17) is 5.73 Å². The van der Waals surface area contributed by atoms with Crippen LogP contribution in [0.2, 0.25) is 0 Å². The number of amides is 2. The summed E-state index contributed by atoms with van der Waals surface area (Å²) in [6, 6.07) is 9.38. The van der Waals surface area contributed by atoms with Crippen LogP contribution in [0.4, 0.5) is 0 Å². The summed E-state index contributed by atoms with van der Waals surface area (Å²) < 4.78 is 0. The summed E-state index contributed by atoms with van der Waals surface area (Å²) in [5, 5.41) is 3.04. The topological polar surface area (TPSA) is 75.4 Å². The van der Waals surface area contributed by atoms with Crippen LogP contribution in [0.25, 0.3) is 0 Å². The number of nitrogens with zero attached hydrogens (tertiary/aromatic N) is 1. The molecule has 1 aliphatic rings.